The van der Waals surface area contributed by atoms with Crippen LogP contribution in [0.25, 0.3) is 0 Å². The van der Waals surface area contributed by atoms with Crippen LogP contribution in [-0.2, 0) is 6.61 Å². The Bertz CT molecular complexity index is 961. The van der Waals surface area contributed by atoms with E-state index in [1.165, 1.54) is 0 Å². The van der Waals surface area contributed by atoms with Crippen molar-refractivity contribution in [3.8, 4) is 17.2 Å². The lowest BCUT2D eigenvalue weighted by molar-refractivity contribution is 0.102. The number of methoxy groups -OCH3 is 2. The van der Waals surface area contributed by atoms with Gasteiger partial charge in [-0.3, -0.25) is 4.79 Å². The van der Waals surface area contributed by atoms with E-state index in [9.17, 15) is 4.79 Å². The van der Waals surface area contributed by atoms with E-state index in [1.54, 1.807) is 56.7 Å². The summed E-state index contributed by atoms with van der Waals surface area (Å²) in [5.74, 6) is 2.17. The number of carbonyl (C=O) groups excluding carboxylic acids is 1. The lowest BCUT2D eigenvalue weighted by Gasteiger charge is -2.12. The SMILES string of the molecule is COc1ccc(OC)c(NC(=O)c2cccc(OCc3c(C)noc3C)c2)c1. The van der Waals surface area contributed by atoms with Crippen molar-refractivity contribution in [3.05, 3.63) is 65.0 Å². The van der Waals surface area contributed by atoms with Gasteiger partial charge in [0.25, 0.3) is 5.91 Å². The van der Waals surface area contributed by atoms with Crippen molar-refractivity contribution in [1.29, 1.82) is 0 Å². The van der Waals surface area contributed by atoms with Gasteiger partial charge in [0.1, 0.15) is 29.6 Å². The summed E-state index contributed by atoms with van der Waals surface area (Å²) in [6, 6.07) is 12.1. The van der Waals surface area contributed by atoms with E-state index in [1.807, 2.05) is 13.8 Å². The summed E-state index contributed by atoms with van der Waals surface area (Å²) >= 11 is 0. The molecular formula is C21H22N2O5. The number of anilines is 1. The number of nitrogens with zero attached hydrogens (tertiary/aromatic N) is 1. The third-order valence-corrected chi connectivity index (χ3v) is 4.32. The second kappa shape index (κ2) is 8.47. The van der Waals surface area contributed by atoms with Crippen LogP contribution in [0.1, 0.15) is 27.4 Å². The zero-order chi connectivity index (χ0) is 20.1. The maximum absolute atomic E-state index is 12.7. The van der Waals surface area contributed by atoms with E-state index in [-0.39, 0.29) is 5.91 Å². The topological polar surface area (TPSA) is 82.8 Å². The molecule has 0 fully saturated rings. The fourth-order valence-electron chi connectivity index (χ4n) is 2.70. The number of benzene rings is 2. The van der Waals surface area contributed by atoms with Crippen molar-refractivity contribution in [2.45, 2.75) is 20.5 Å². The molecule has 1 heterocycles. The van der Waals surface area contributed by atoms with Gasteiger partial charge in [0.05, 0.1) is 31.2 Å². The summed E-state index contributed by atoms with van der Waals surface area (Å²) in [7, 11) is 3.10. The second-order valence-corrected chi connectivity index (χ2v) is 6.14. The summed E-state index contributed by atoms with van der Waals surface area (Å²) in [6.07, 6.45) is 0. The van der Waals surface area contributed by atoms with E-state index in [4.69, 9.17) is 18.7 Å². The molecule has 0 unspecified atom stereocenters. The molecule has 1 N–H and O–H groups in total. The van der Waals surface area contributed by atoms with Crippen molar-refractivity contribution in [3.63, 3.8) is 0 Å². The molecular weight excluding hydrogens is 360 g/mol. The zero-order valence-corrected chi connectivity index (χ0v) is 16.2. The molecule has 0 atom stereocenters. The minimum absolute atomic E-state index is 0.283. The molecule has 1 aromatic heterocycles. The monoisotopic (exact) mass is 382 g/mol. The maximum atomic E-state index is 12.7. The van der Waals surface area contributed by atoms with Crippen LogP contribution in [0.3, 0.4) is 0 Å². The van der Waals surface area contributed by atoms with Gasteiger partial charge in [0.2, 0.25) is 0 Å². The minimum atomic E-state index is -0.283. The Morgan fingerprint density at radius 2 is 1.89 bits per heavy atom. The molecule has 0 aliphatic heterocycles. The molecule has 3 rings (SSSR count). The molecule has 7 heteroatoms. The van der Waals surface area contributed by atoms with Crippen LogP contribution in [0.2, 0.25) is 0 Å². The number of amides is 1. The van der Waals surface area contributed by atoms with Gasteiger partial charge in [-0.05, 0) is 44.2 Å². The van der Waals surface area contributed by atoms with Crippen LogP contribution in [0.5, 0.6) is 17.2 Å². The molecule has 7 nitrogen and oxygen atoms in total. The Hall–Kier alpha value is -3.48. The van der Waals surface area contributed by atoms with Crippen LogP contribution in [0.15, 0.2) is 47.0 Å². The van der Waals surface area contributed by atoms with Gasteiger partial charge >= 0.3 is 0 Å². The van der Waals surface area contributed by atoms with Gasteiger partial charge in [0.15, 0.2) is 0 Å². The zero-order valence-electron chi connectivity index (χ0n) is 16.2. The summed E-state index contributed by atoms with van der Waals surface area (Å²) in [6.45, 7) is 4.01. The predicted molar refractivity (Wildman–Crippen MR) is 104 cm³/mol. The van der Waals surface area contributed by atoms with E-state index in [2.05, 4.69) is 10.5 Å². The van der Waals surface area contributed by atoms with Crippen LogP contribution in [0, 0.1) is 13.8 Å². The van der Waals surface area contributed by atoms with Gasteiger partial charge in [-0.15, -0.1) is 0 Å². The van der Waals surface area contributed by atoms with Crippen LogP contribution < -0.4 is 19.5 Å². The highest BCUT2D eigenvalue weighted by atomic mass is 16.5. The Morgan fingerprint density at radius 1 is 1.07 bits per heavy atom. The Balaban J connectivity index is 1.74. The first-order valence-electron chi connectivity index (χ1n) is 8.69. The summed E-state index contributed by atoms with van der Waals surface area (Å²) in [4.78, 5) is 12.7. The van der Waals surface area contributed by atoms with E-state index in [0.29, 0.717) is 35.1 Å². The lowest BCUT2D eigenvalue weighted by Crippen LogP contribution is -2.13. The Morgan fingerprint density at radius 3 is 2.57 bits per heavy atom. The van der Waals surface area contributed by atoms with Crippen molar-refractivity contribution in [2.75, 3.05) is 19.5 Å². The van der Waals surface area contributed by atoms with Crippen molar-refractivity contribution in [1.82, 2.24) is 5.16 Å². The normalized spacial score (nSPS) is 10.4. The third kappa shape index (κ3) is 4.25. The summed E-state index contributed by atoms with van der Waals surface area (Å²) in [5.41, 5.74) is 2.67. The van der Waals surface area contributed by atoms with Gasteiger partial charge in [-0.1, -0.05) is 11.2 Å². The molecule has 0 spiro atoms. The first-order valence-corrected chi connectivity index (χ1v) is 8.69. The molecule has 0 aliphatic carbocycles. The predicted octanol–water partition coefficient (Wildman–Crippen LogP) is 4.14. The molecule has 28 heavy (non-hydrogen) atoms. The molecule has 0 aliphatic rings. The van der Waals surface area contributed by atoms with E-state index < -0.39 is 0 Å². The molecule has 2 aromatic carbocycles. The Labute approximate surface area is 163 Å². The molecule has 0 saturated heterocycles. The number of aryl methyl sites for hydroxylation is 2. The summed E-state index contributed by atoms with van der Waals surface area (Å²) in [5, 5.41) is 6.75. The minimum Gasteiger partial charge on any atom is -0.497 e. The van der Waals surface area contributed by atoms with Crippen LogP contribution in [0.4, 0.5) is 5.69 Å². The van der Waals surface area contributed by atoms with Crippen molar-refractivity contribution in [2.24, 2.45) is 0 Å². The number of nitrogens with one attached hydrogen (secondary N) is 1. The molecule has 0 bridgehead atoms. The number of hydrogen-bond donors (Lipinski definition) is 1. The van der Waals surface area contributed by atoms with Crippen LogP contribution >= 0.6 is 0 Å². The number of ether oxygens (including phenoxy) is 3. The fourth-order valence-corrected chi connectivity index (χ4v) is 2.70. The summed E-state index contributed by atoms with van der Waals surface area (Å²) < 4.78 is 21.5. The molecule has 0 radical (unpaired) electrons. The number of hydrogen-bond acceptors (Lipinski definition) is 6. The fraction of sp³-hybridized carbons (Fsp3) is 0.238. The standard InChI is InChI=1S/C21H22N2O5/c1-13-18(14(2)28-23-13)12-27-17-7-5-6-15(10-17)21(24)22-19-11-16(25-3)8-9-20(19)26-4/h5-11H,12H2,1-4H3,(H,22,24). The van der Waals surface area contributed by atoms with E-state index >= 15 is 0 Å². The number of rotatable bonds is 7. The first kappa shape index (κ1) is 19.3. The highest BCUT2D eigenvalue weighted by molar-refractivity contribution is 6.05. The quantitative estimate of drug-likeness (QED) is 0.661. The molecule has 3 aromatic rings. The highest BCUT2D eigenvalue weighted by Gasteiger charge is 2.13. The average Bonchev–Trinajstić information content (AvgIpc) is 3.04. The van der Waals surface area contributed by atoms with Crippen molar-refractivity contribution < 1.29 is 23.5 Å². The van der Waals surface area contributed by atoms with Gasteiger partial charge in [0, 0.05) is 11.6 Å². The average molecular weight is 382 g/mol. The largest absolute Gasteiger partial charge is 0.497 e. The van der Waals surface area contributed by atoms with Crippen LogP contribution in [-0.4, -0.2) is 25.3 Å². The smallest absolute Gasteiger partial charge is 0.255 e. The van der Waals surface area contributed by atoms with E-state index in [0.717, 1.165) is 17.0 Å². The molecule has 0 saturated carbocycles. The van der Waals surface area contributed by atoms with Crippen molar-refractivity contribution >= 4 is 11.6 Å². The Kier molecular flexibility index (Phi) is 5.84. The highest BCUT2D eigenvalue weighted by Crippen LogP contribution is 2.29. The van der Waals surface area contributed by atoms with Gasteiger partial charge in [-0.25, -0.2) is 0 Å². The third-order valence-electron chi connectivity index (χ3n) is 4.32. The van der Waals surface area contributed by atoms with Gasteiger partial charge < -0.3 is 24.1 Å². The number of carbonyl (C=O) groups is 1. The molecule has 146 valence electrons. The second-order valence-electron chi connectivity index (χ2n) is 6.14. The molecule has 1 amide bonds. The maximum Gasteiger partial charge on any atom is 0.255 e. The first-order chi connectivity index (χ1) is 13.5. The number of aromatic nitrogens is 1. The lowest BCUT2D eigenvalue weighted by atomic mass is 10.2. The van der Waals surface area contributed by atoms with Gasteiger partial charge in [-0.2, -0.15) is 0 Å².